The Balaban J connectivity index is 2.10. The molecular weight excluding hydrogens is 232 g/mol. The van der Waals surface area contributed by atoms with E-state index in [4.69, 9.17) is 0 Å². The molecule has 0 amide bonds. The molecule has 0 aliphatic heterocycles. The fraction of sp³-hybridized carbons (Fsp3) is 0.167. The first-order chi connectivity index (χ1) is 9.29. The Morgan fingerprint density at radius 2 is 1.58 bits per heavy atom. The van der Waals surface area contributed by atoms with Gasteiger partial charge in [0.15, 0.2) is 0 Å². The lowest BCUT2D eigenvalue weighted by Gasteiger charge is -2.31. The largest absolute Gasteiger partial charge is 0.298 e. The summed E-state index contributed by atoms with van der Waals surface area (Å²) in [4.78, 5) is 11.4. The van der Waals surface area contributed by atoms with E-state index < -0.39 is 0 Å². The predicted molar refractivity (Wildman–Crippen MR) is 75.3 cm³/mol. The molecule has 0 spiro atoms. The first kappa shape index (κ1) is 10.7. The Kier molecular flexibility index (Phi) is 1.95. The van der Waals surface area contributed by atoms with Gasteiger partial charge in [-0.1, -0.05) is 55.1 Å². The number of benzene rings is 2. The smallest absolute Gasteiger partial charge is 0.146 e. The average Bonchev–Trinajstić information content (AvgIpc) is 3.00. The number of rotatable bonds is 2. The summed E-state index contributed by atoms with van der Waals surface area (Å²) >= 11 is 0. The molecule has 2 aliphatic rings. The van der Waals surface area contributed by atoms with E-state index in [-0.39, 0.29) is 5.41 Å². The fourth-order valence-corrected chi connectivity index (χ4v) is 4.02. The van der Waals surface area contributed by atoms with Crippen LogP contribution in [0.4, 0.5) is 0 Å². The minimum Gasteiger partial charge on any atom is -0.298 e. The van der Waals surface area contributed by atoms with Crippen LogP contribution in [0.5, 0.6) is 0 Å². The Morgan fingerprint density at radius 3 is 2.11 bits per heavy atom. The van der Waals surface area contributed by atoms with Crippen LogP contribution >= 0.6 is 0 Å². The highest BCUT2D eigenvalue weighted by Gasteiger charge is 2.53. The number of carbonyl (C=O) groups excluding carboxylic acids is 1. The molecule has 0 fully saturated rings. The predicted octanol–water partition coefficient (Wildman–Crippen LogP) is 3.58. The van der Waals surface area contributed by atoms with Crippen LogP contribution in [0.25, 0.3) is 0 Å². The summed E-state index contributed by atoms with van der Waals surface area (Å²) in [5.74, 6) is 0.420. The maximum Gasteiger partial charge on any atom is 0.146 e. The second-order valence-electron chi connectivity index (χ2n) is 5.48. The molecular formula is C18H14O. The van der Waals surface area contributed by atoms with Gasteiger partial charge < -0.3 is 0 Å². The van der Waals surface area contributed by atoms with Crippen molar-refractivity contribution in [2.24, 2.45) is 0 Å². The molecule has 2 aliphatic carbocycles. The van der Waals surface area contributed by atoms with Gasteiger partial charge in [-0.05, 0) is 34.2 Å². The van der Waals surface area contributed by atoms with Crippen LogP contribution in [0.15, 0.2) is 60.7 Å². The van der Waals surface area contributed by atoms with Gasteiger partial charge >= 0.3 is 0 Å². The minimum atomic E-state index is -0.278. The summed E-state index contributed by atoms with van der Waals surface area (Å²) in [5.41, 5.74) is 5.69. The summed E-state index contributed by atoms with van der Waals surface area (Å²) in [6, 6.07) is 17.0. The van der Waals surface area contributed by atoms with Crippen LogP contribution in [0.1, 0.15) is 34.6 Å². The number of hydrogen-bond acceptors (Lipinski definition) is 1. The Bertz CT molecular complexity index is 664. The molecule has 0 heterocycles. The normalized spacial score (nSPS) is 25.8. The van der Waals surface area contributed by atoms with Gasteiger partial charge in [-0.2, -0.15) is 0 Å². The Morgan fingerprint density at radius 1 is 1.05 bits per heavy atom. The maximum absolute atomic E-state index is 11.4. The van der Waals surface area contributed by atoms with E-state index in [1.165, 1.54) is 22.3 Å². The second-order valence-corrected chi connectivity index (χ2v) is 5.48. The zero-order valence-electron chi connectivity index (χ0n) is 10.6. The van der Waals surface area contributed by atoms with Crippen molar-refractivity contribution in [2.75, 3.05) is 0 Å². The molecule has 0 N–H and O–H groups in total. The summed E-state index contributed by atoms with van der Waals surface area (Å²) in [5, 5.41) is 0. The van der Waals surface area contributed by atoms with Crippen LogP contribution < -0.4 is 0 Å². The number of allylic oxidation sites excluding steroid dienone is 1. The van der Waals surface area contributed by atoms with Crippen molar-refractivity contribution in [3.05, 3.63) is 82.9 Å². The van der Waals surface area contributed by atoms with Gasteiger partial charge in [0.1, 0.15) is 6.29 Å². The first-order valence-corrected chi connectivity index (χ1v) is 6.62. The van der Waals surface area contributed by atoms with E-state index in [1.807, 2.05) is 0 Å². The average molecular weight is 246 g/mol. The van der Waals surface area contributed by atoms with E-state index >= 15 is 0 Å². The SMILES string of the molecule is C=C(C=O)C12CC(c3ccccc31)c1ccccc12. The summed E-state index contributed by atoms with van der Waals surface area (Å²) in [6.45, 7) is 4.05. The summed E-state index contributed by atoms with van der Waals surface area (Å²) < 4.78 is 0. The molecule has 0 unspecified atom stereocenters. The highest BCUT2D eigenvalue weighted by atomic mass is 16.1. The lowest BCUT2D eigenvalue weighted by atomic mass is 9.71. The molecule has 1 nitrogen and oxygen atoms in total. The maximum atomic E-state index is 11.4. The molecule has 2 bridgehead atoms. The third-order valence-electron chi connectivity index (χ3n) is 4.79. The molecule has 0 saturated heterocycles. The minimum absolute atomic E-state index is 0.278. The lowest BCUT2D eigenvalue weighted by molar-refractivity contribution is -0.105. The van der Waals surface area contributed by atoms with Crippen molar-refractivity contribution in [1.29, 1.82) is 0 Å². The van der Waals surface area contributed by atoms with Gasteiger partial charge in [-0.15, -0.1) is 0 Å². The van der Waals surface area contributed by atoms with E-state index in [0.29, 0.717) is 11.5 Å². The number of aldehydes is 1. The molecule has 2 aromatic rings. The quantitative estimate of drug-likeness (QED) is 0.584. The molecule has 92 valence electrons. The van der Waals surface area contributed by atoms with Crippen molar-refractivity contribution in [2.45, 2.75) is 17.8 Å². The molecule has 19 heavy (non-hydrogen) atoms. The Labute approximate surface area is 112 Å². The van der Waals surface area contributed by atoms with Gasteiger partial charge in [0, 0.05) is 11.3 Å². The van der Waals surface area contributed by atoms with E-state index in [9.17, 15) is 4.79 Å². The van der Waals surface area contributed by atoms with Crippen LogP contribution in [0, 0.1) is 0 Å². The zero-order valence-corrected chi connectivity index (χ0v) is 10.6. The number of fused-ring (bicyclic) bond motifs is 8. The monoisotopic (exact) mass is 246 g/mol. The third kappa shape index (κ3) is 1.09. The van der Waals surface area contributed by atoms with Gasteiger partial charge in [-0.3, -0.25) is 4.79 Å². The lowest BCUT2D eigenvalue weighted by Crippen LogP contribution is -2.26. The topological polar surface area (TPSA) is 17.1 Å². The van der Waals surface area contributed by atoms with Crippen molar-refractivity contribution in [3.63, 3.8) is 0 Å². The van der Waals surface area contributed by atoms with E-state index in [1.54, 1.807) is 0 Å². The van der Waals surface area contributed by atoms with Gasteiger partial charge in [0.05, 0.1) is 0 Å². The molecule has 0 radical (unpaired) electrons. The van der Waals surface area contributed by atoms with Crippen molar-refractivity contribution >= 4 is 6.29 Å². The van der Waals surface area contributed by atoms with Gasteiger partial charge in [-0.25, -0.2) is 0 Å². The van der Waals surface area contributed by atoms with Gasteiger partial charge in [0.2, 0.25) is 0 Å². The number of carbonyl (C=O) groups is 1. The molecule has 2 aromatic carbocycles. The van der Waals surface area contributed by atoms with E-state index in [2.05, 4.69) is 55.1 Å². The van der Waals surface area contributed by atoms with Crippen molar-refractivity contribution in [3.8, 4) is 0 Å². The van der Waals surface area contributed by atoms with Gasteiger partial charge in [0.25, 0.3) is 0 Å². The fourth-order valence-electron chi connectivity index (χ4n) is 4.02. The summed E-state index contributed by atoms with van der Waals surface area (Å²) in [7, 11) is 0. The molecule has 4 rings (SSSR count). The standard InChI is InChI=1S/C18H14O/c1-12(11-19)18-10-15(13-6-2-4-8-16(13)18)14-7-3-5-9-17(14)18/h2-9,11,15H,1,10H2. The molecule has 0 aromatic heterocycles. The summed E-state index contributed by atoms with van der Waals surface area (Å²) in [6.07, 6.45) is 1.89. The van der Waals surface area contributed by atoms with Crippen LogP contribution in [-0.4, -0.2) is 6.29 Å². The van der Waals surface area contributed by atoms with Crippen LogP contribution in [0.3, 0.4) is 0 Å². The highest BCUT2D eigenvalue weighted by Crippen LogP contribution is 2.62. The molecule has 0 atom stereocenters. The Hall–Kier alpha value is -2.15. The third-order valence-corrected chi connectivity index (χ3v) is 4.79. The first-order valence-electron chi connectivity index (χ1n) is 6.62. The van der Waals surface area contributed by atoms with Crippen LogP contribution in [-0.2, 0) is 10.2 Å². The molecule has 1 heteroatoms. The number of hydrogen-bond donors (Lipinski definition) is 0. The highest BCUT2D eigenvalue weighted by molar-refractivity contribution is 5.83. The second kappa shape index (κ2) is 3.45. The van der Waals surface area contributed by atoms with E-state index in [0.717, 1.165) is 12.7 Å². The van der Waals surface area contributed by atoms with Crippen molar-refractivity contribution in [1.82, 2.24) is 0 Å². The van der Waals surface area contributed by atoms with Crippen molar-refractivity contribution < 1.29 is 4.79 Å². The zero-order chi connectivity index (χ0) is 13.0. The molecule has 0 saturated carbocycles. The van der Waals surface area contributed by atoms with Crippen LogP contribution in [0.2, 0.25) is 0 Å².